The van der Waals surface area contributed by atoms with E-state index in [4.69, 9.17) is 0 Å². The van der Waals surface area contributed by atoms with Crippen LogP contribution in [0.3, 0.4) is 0 Å². The standard InChI is InChI=1S/C7H4FN3O/c8-5-1-2-6-7(3-5)11(12)10-4-9-6/h1-4H. The molecule has 0 aliphatic carbocycles. The maximum atomic E-state index is 12.6. The zero-order valence-electron chi connectivity index (χ0n) is 5.94. The van der Waals surface area contributed by atoms with E-state index in [-0.39, 0.29) is 5.52 Å². The quantitative estimate of drug-likeness (QED) is 0.419. The van der Waals surface area contributed by atoms with Crippen LogP contribution in [0.1, 0.15) is 0 Å². The second-order valence-electron chi connectivity index (χ2n) is 2.27. The molecule has 0 spiro atoms. The van der Waals surface area contributed by atoms with Gasteiger partial charge in [0.15, 0.2) is 6.33 Å². The third-order valence-electron chi connectivity index (χ3n) is 1.50. The zero-order valence-corrected chi connectivity index (χ0v) is 5.94. The Morgan fingerprint density at radius 2 is 2.25 bits per heavy atom. The number of hydrogen-bond acceptors (Lipinski definition) is 3. The highest BCUT2D eigenvalue weighted by atomic mass is 19.1. The fraction of sp³-hybridized carbons (Fsp3) is 0. The normalized spacial score (nSPS) is 10.4. The summed E-state index contributed by atoms with van der Waals surface area (Å²) >= 11 is 0. The SMILES string of the molecule is [O-][n+]1ncnc2ccc(F)cc21. The van der Waals surface area contributed by atoms with Crippen LogP contribution in [0.5, 0.6) is 0 Å². The van der Waals surface area contributed by atoms with E-state index in [9.17, 15) is 9.60 Å². The van der Waals surface area contributed by atoms with Crippen molar-refractivity contribution in [2.45, 2.75) is 0 Å². The summed E-state index contributed by atoms with van der Waals surface area (Å²) in [5, 5.41) is 14.3. The van der Waals surface area contributed by atoms with Crippen molar-refractivity contribution in [2.75, 3.05) is 0 Å². The molecule has 0 amide bonds. The number of aromatic nitrogens is 3. The molecule has 1 aromatic carbocycles. The summed E-state index contributed by atoms with van der Waals surface area (Å²) in [6, 6.07) is 3.78. The molecule has 5 heteroatoms. The predicted molar refractivity (Wildman–Crippen MR) is 38.5 cm³/mol. The second kappa shape index (κ2) is 2.37. The molecule has 0 atom stereocenters. The van der Waals surface area contributed by atoms with E-state index in [0.29, 0.717) is 10.4 Å². The van der Waals surface area contributed by atoms with Gasteiger partial charge in [0.05, 0.1) is 6.07 Å². The molecule has 1 heterocycles. The Kier molecular flexibility index (Phi) is 1.36. The van der Waals surface area contributed by atoms with Crippen molar-refractivity contribution in [3.8, 4) is 0 Å². The van der Waals surface area contributed by atoms with E-state index >= 15 is 0 Å². The van der Waals surface area contributed by atoms with Crippen LogP contribution in [0.2, 0.25) is 0 Å². The first-order valence-electron chi connectivity index (χ1n) is 3.27. The lowest BCUT2D eigenvalue weighted by Gasteiger charge is -1.95. The highest BCUT2D eigenvalue weighted by molar-refractivity contribution is 5.69. The molecule has 0 saturated heterocycles. The van der Waals surface area contributed by atoms with Gasteiger partial charge >= 0.3 is 0 Å². The van der Waals surface area contributed by atoms with Crippen LogP contribution in [0, 0.1) is 11.0 Å². The van der Waals surface area contributed by atoms with Gasteiger partial charge in [-0.2, -0.15) is 0 Å². The molecule has 0 fully saturated rings. The number of rotatable bonds is 0. The summed E-state index contributed by atoms with van der Waals surface area (Å²) in [7, 11) is 0. The van der Waals surface area contributed by atoms with Crippen LogP contribution >= 0.6 is 0 Å². The summed E-state index contributed by atoms with van der Waals surface area (Å²) in [5.41, 5.74) is 0.568. The smallest absolute Gasteiger partial charge is 0.273 e. The molecule has 0 unspecified atom stereocenters. The van der Waals surface area contributed by atoms with Crippen LogP contribution < -0.4 is 4.85 Å². The Morgan fingerprint density at radius 3 is 3.08 bits per heavy atom. The van der Waals surface area contributed by atoms with Gasteiger partial charge in [-0.05, 0) is 17.0 Å². The van der Waals surface area contributed by atoms with Crippen molar-refractivity contribution in [2.24, 2.45) is 0 Å². The summed E-state index contributed by atoms with van der Waals surface area (Å²) in [6.45, 7) is 0. The fourth-order valence-corrected chi connectivity index (χ4v) is 0.956. The van der Waals surface area contributed by atoms with Gasteiger partial charge in [-0.3, -0.25) is 0 Å². The first kappa shape index (κ1) is 6.90. The van der Waals surface area contributed by atoms with Gasteiger partial charge in [-0.15, -0.1) is 0 Å². The zero-order chi connectivity index (χ0) is 8.55. The largest absolute Gasteiger partial charge is 0.594 e. The molecule has 0 radical (unpaired) electrons. The highest BCUT2D eigenvalue weighted by Gasteiger charge is 2.05. The molecule has 2 aromatic rings. The van der Waals surface area contributed by atoms with Crippen LogP contribution in [-0.4, -0.2) is 10.1 Å². The molecule has 12 heavy (non-hydrogen) atoms. The number of benzene rings is 1. The monoisotopic (exact) mass is 165 g/mol. The van der Waals surface area contributed by atoms with Crippen LogP contribution in [-0.2, 0) is 0 Å². The minimum atomic E-state index is -0.470. The van der Waals surface area contributed by atoms with Crippen molar-refractivity contribution in [1.82, 2.24) is 10.1 Å². The molecule has 2 rings (SSSR count). The van der Waals surface area contributed by atoms with Crippen LogP contribution in [0.15, 0.2) is 24.5 Å². The van der Waals surface area contributed by atoms with Gasteiger partial charge < -0.3 is 5.21 Å². The minimum Gasteiger partial charge on any atom is -0.594 e. The van der Waals surface area contributed by atoms with E-state index in [1.807, 2.05) is 0 Å². The molecule has 0 N–H and O–H groups in total. The highest BCUT2D eigenvalue weighted by Crippen LogP contribution is 2.06. The summed E-state index contributed by atoms with van der Waals surface area (Å²) in [4.78, 5) is 4.12. The van der Waals surface area contributed by atoms with Gasteiger partial charge in [-0.25, -0.2) is 9.37 Å². The van der Waals surface area contributed by atoms with E-state index in [1.54, 1.807) is 0 Å². The van der Waals surface area contributed by atoms with Crippen molar-refractivity contribution in [3.05, 3.63) is 35.6 Å². The van der Waals surface area contributed by atoms with Crippen molar-refractivity contribution in [3.63, 3.8) is 0 Å². The number of hydrogen-bond donors (Lipinski definition) is 0. The summed E-state index contributed by atoms with van der Waals surface area (Å²) in [5.74, 6) is -0.470. The molecule has 0 bridgehead atoms. The minimum absolute atomic E-state index is 0.137. The topological polar surface area (TPSA) is 52.7 Å². The third kappa shape index (κ3) is 0.952. The van der Waals surface area contributed by atoms with E-state index in [1.165, 1.54) is 12.1 Å². The molecule has 60 valence electrons. The van der Waals surface area contributed by atoms with Gasteiger partial charge in [0.2, 0.25) is 0 Å². The van der Waals surface area contributed by atoms with E-state index < -0.39 is 5.82 Å². The number of nitrogens with zero attached hydrogens (tertiary/aromatic N) is 3. The Balaban J connectivity index is 2.88. The Hall–Kier alpha value is -1.78. The fourth-order valence-electron chi connectivity index (χ4n) is 0.956. The third-order valence-corrected chi connectivity index (χ3v) is 1.50. The second-order valence-corrected chi connectivity index (χ2v) is 2.27. The van der Waals surface area contributed by atoms with Gasteiger partial charge in [0.25, 0.3) is 5.52 Å². The predicted octanol–water partition coefficient (Wildman–Crippen LogP) is 0.402. The summed E-state index contributed by atoms with van der Waals surface area (Å²) in [6.07, 6.45) is 1.13. The Labute approximate surface area is 66.9 Å². The van der Waals surface area contributed by atoms with Crippen LogP contribution in [0.4, 0.5) is 4.39 Å². The lowest BCUT2D eigenvalue weighted by molar-refractivity contribution is -0.643. The number of fused-ring (bicyclic) bond motifs is 1. The molecule has 4 nitrogen and oxygen atoms in total. The molecule has 0 saturated carbocycles. The van der Waals surface area contributed by atoms with Gasteiger partial charge in [-0.1, -0.05) is 0 Å². The summed E-state index contributed by atoms with van der Waals surface area (Å²) < 4.78 is 12.6. The van der Waals surface area contributed by atoms with Gasteiger partial charge in [0, 0.05) is 5.10 Å². The van der Waals surface area contributed by atoms with E-state index in [0.717, 1.165) is 12.4 Å². The molecule has 1 aromatic heterocycles. The molecular formula is C7H4FN3O. The maximum Gasteiger partial charge on any atom is 0.273 e. The lowest BCUT2D eigenvalue weighted by Crippen LogP contribution is -2.31. The maximum absolute atomic E-state index is 12.6. The van der Waals surface area contributed by atoms with Gasteiger partial charge in [0.1, 0.15) is 11.3 Å². The van der Waals surface area contributed by atoms with Crippen molar-refractivity contribution < 1.29 is 9.24 Å². The number of halogens is 1. The van der Waals surface area contributed by atoms with E-state index in [2.05, 4.69) is 10.1 Å². The van der Waals surface area contributed by atoms with Crippen molar-refractivity contribution >= 4 is 11.0 Å². The first-order valence-corrected chi connectivity index (χ1v) is 3.27. The molecule has 0 aliphatic rings. The average molecular weight is 165 g/mol. The average Bonchev–Trinajstić information content (AvgIpc) is 2.07. The van der Waals surface area contributed by atoms with Crippen LogP contribution in [0.25, 0.3) is 11.0 Å². The molecular weight excluding hydrogens is 161 g/mol. The Bertz CT molecular complexity index is 432. The molecule has 0 aliphatic heterocycles. The van der Waals surface area contributed by atoms with Crippen molar-refractivity contribution in [1.29, 1.82) is 0 Å². The lowest BCUT2D eigenvalue weighted by atomic mass is 10.3. The first-order chi connectivity index (χ1) is 5.77. The Morgan fingerprint density at radius 1 is 1.42 bits per heavy atom.